The lowest BCUT2D eigenvalue weighted by atomic mass is 10.0. The number of anilines is 1. The van der Waals surface area contributed by atoms with E-state index in [1.54, 1.807) is 0 Å². The van der Waals surface area contributed by atoms with Crippen LogP contribution in [0.4, 0.5) is 5.82 Å². The molecule has 0 aromatic carbocycles. The van der Waals surface area contributed by atoms with Crippen molar-refractivity contribution in [2.24, 2.45) is 0 Å². The zero-order valence-electron chi connectivity index (χ0n) is 13.4. The molecule has 2 aromatic rings. The van der Waals surface area contributed by atoms with E-state index in [-0.39, 0.29) is 0 Å². The molecule has 1 aliphatic heterocycles. The Bertz CT molecular complexity index is 732. The molecule has 0 spiro atoms. The van der Waals surface area contributed by atoms with Gasteiger partial charge in [-0.2, -0.15) is 5.10 Å². The molecule has 1 N–H and O–H groups in total. The molecule has 5 nitrogen and oxygen atoms in total. The molecule has 0 amide bonds. The number of rotatable bonds is 3. The molecule has 0 unspecified atom stereocenters. The smallest absolute Gasteiger partial charge is 0.183 e. The van der Waals surface area contributed by atoms with E-state index >= 15 is 0 Å². The summed E-state index contributed by atoms with van der Waals surface area (Å²) in [5.41, 5.74) is 4.01. The van der Waals surface area contributed by atoms with E-state index in [1.165, 1.54) is 0 Å². The number of hydrogen-bond acceptors (Lipinski definition) is 4. The second-order valence-corrected chi connectivity index (χ2v) is 5.64. The molecule has 0 bridgehead atoms. The van der Waals surface area contributed by atoms with Crippen molar-refractivity contribution in [2.45, 2.75) is 26.8 Å². The van der Waals surface area contributed by atoms with Crippen molar-refractivity contribution in [1.82, 2.24) is 15.2 Å². The Morgan fingerprint density at radius 3 is 3.05 bits per heavy atom. The van der Waals surface area contributed by atoms with E-state index in [1.807, 2.05) is 19.9 Å². The number of aryl methyl sites for hydroxylation is 1. The molecule has 22 heavy (non-hydrogen) atoms. The number of morpholine rings is 1. The Balaban J connectivity index is 2.19. The van der Waals surface area contributed by atoms with Crippen molar-refractivity contribution >= 4 is 22.4 Å². The largest absolute Gasteiger partial charge is 0.377 e. The SMILES string of the molecule is C=C/C(=C\C)c1cc(N2CCOC[C@H]2C)nc2n[nH]c(C)c12. The highest BCUT2D eigenvalue weighted by Crippen LogP contribution is 2.31. The van der Waals surface area contributed by atoms with Crippen LogP contribution in [0.1, 0.15) is 25.1 Å². The van der Waals surface area contributed by atoms with E-state index in [9.17, 15) is 0 Å². The zero-order chi connectivity index (χ0) is 15.7. The third kappa shape index (κ3) is 2.41. The molecular formula is C17H22N4O. The summed E-state index contributed by atoms with van der Waals surface area (Å²) in [7, 11) is 0. The molecule has 0 aliphatic carbocycles. The first kappa shape index (κ1) is 14.8. The van der Waals surface area contributed by atoms with Crippen LogP contribution in [0.15, 0.2) is 24.8 Å². The van der Waals surface area contributed by atoms with Crippen molar-refractivity contribution < 1.29 is 4.74 Å². The minimum atomic E-state index is 0.310. The van der Waals surface area contributed by atoms with Crippen LogP contribution in [0.2, 0.25) is 0 Å². The molecular weight excluding hydrogens is 276 g/mol. The number of nitrogens with one attached hydrogen (secondary N) is 1. The minimum Gasteiger partial charge on any atom is -0.377 e. The lowest BCUT2D eigenvalue weighted by Crippen LogP contribution is -2.44. The number of aromatic nitrogens is 3. The molecule has 0 saturated carbocycles. The average Bonchev–Trinajstić information content (AvgIpc) is 2.90. The summed E-state index contributed by atoms with van der Waals surface area (Å²) in [5.74, 6) is 0.950. The first-order chi connectivity index (χ1) is 10.7. The third-order valence-electron chi connectivity index (χ3n) is 4.20. The molecule has 3 heterocycles. The molecule has 1 aliphatic rings. The first-order valence-corrected chi connectivity index (χ1v) is 7.65. The van der Waals surface area contributed by atoms with Crippen LogP contribution in [0, 0.1) is 6.92 Å². The van der Waals surface area contributed by atoms with Gasteiger partial charge >= 0.3 is 0 Å². The van der Waals surface area contributed by atoms with Gasteiger partial charge in [0.15, 0.2) is 5.65 Å². The summed E-state index contributed by atoms with van der Waals surface area (Å²) < 4.78 is 5.53. The quantitative estimate of drug-likeness (QED) is 0.885. The fourth-order valence-electron chi connectivity index (χ4n) is 2.99. The summed E-state index contributed by atoms with van der Waals surface area (Å²) in [6.07, 6.45) is 3.95. The van der Waals surface area contributed by atoms with E-state index < -0.39 is 0 Å². The van der Waals surface area contributed by atoms with Gasteiger partial charge in [-0.3, -0.25) is 5.10 Å². The van der Waals surface area contributed by atoms with Crippen LogP contribution < -0.4 is 4.90 Å². The van der Waals surface area contributed by atoms with Gasteiger partial charge in [-0.25, -0.2) is 4.98 Å². The standard InChI is InChI=1S/C17H22N4O/c1-5-13(6-2)14-9-15(21-7-8-22-10-11(21)3)18-17-16(14)12(4)19-20-17/h5-6,9,11H,1,7-8,10H2,2-4H3,(H,18,19,20)/b13-6+/t11-/m1/s1. The highest BCUT2D eigenvalue weighted by Gasteiger charge is 2.22. The molecule has 2 aromatic heterocycles. The second kappa shape index (κ2) is 5.93. The zero-order valence-corrected chi connectivity index (χ0v) is 13.4. The molecule has 1 atom stereocenters. The number of fused-ring (bicyclic) bond motifs is 1. The summed E-state index contributed by atoms with van der Waals surface area (Å²) >= 11 is 0. The van der Waals surface area contributed by atoms with Gasteiger partial charge in [0, 0.05) is 17.6 Å². The Morgan fingerprint density at radius 1 is 1.55 bits per heavy atom. The summed E-state index contributed by atoms with van der Waals surface area (Å²) in [6.45, 7) is 12.4. The summed E-state index contributed by atoms with van der Waals surface area (Å²) in [4.78, 5) is 7.03. The van der Waals surface area contributed by atoms with Gasteiger partial charge in [-0.15, -0.1) is 0 Å². The molecule has 116 valence electrons. The molecule has 5 heteroatoms. The van der Waals surface area contributed by atoms with Crippen LogP contribution in [-0.2, 0) is 4.74 Å². The van der Waals surface area contributed by atoms with Crippen molar-refractivity contribution in [3.8, 4) is 0 Å². The van der Waals surface area contributed by atoms with Gasteiger partial charge < -0.3 is 9.64 Å². The second-order valence-electron chi connectivity index (χ2n) is 5.64. The maximum Gasteiger partial charge on any atom is 0.183 e. The fraction of sp³-hybridized carbons (Fsp3) is 0.412. The summed E-state index contributed by atoms with van der Waals surface area (Å²) in [6, 6.07) is 2.45. The number of allylic oxidation sites excluding steroid dienone is 3. The predicted molar refractivity (Wildman–Crippen MR) is 90.1 cm³/mol. The Morgan fingerprint density at radius 2 is 2.36 bits per heavy atom. The Hall–Kier alpha value is -2.14. The average molecular weight is 298 g/mol. The van der Waals surface area contributed by atoms with Crippen molar-refractivity contribution in [3.05, 3.63) is 36.1 Å². The molecule has 1 fully saturated rings. The normalized spacial score (nSPS) is 19.7. The fourth-order valence-corrected chi connectivity index (χ4v) is 2.99. The van der Waals surface area contributed by atoms with Crippen LogP contribution in [0.25, 0.3) is 16.6 Å². The van der Waals surface area contributed by atoms with E-state index in [4.69, 9.17) is 9.72 Å². The number of ether oxygens (including phenoxy) is 1. The topological polar surface area (TPSA) is 54.0 Å². The van der Waals surface area contributed by atoms with Crippen molar-refractivity contribution in [3.63, 3.8) is 0 Å². The van der Waals surface area contributed by atoms with Gasteiger partial charge in [0.25, 0.3) is 0 Å². The van der Waals surface area contributed by atoms with Gasteiger partial charge in [0.1, 0.15) is 5.82 Å². The van der Waals surface area contributed by atoms with Gasteiger partial charge in [-0.1, -0.05) is 18.7 Å². The summed E-state index contributed by atoms with van der Waals surface area (Å²) in [5, 5.41) is 8.47. The monoisotopic (exact) mass is 298 g/mol. The number of H-pyrrole nitrogens is 1. The lowest BCUT2D eigenvalue weighted by Gasteiger charge is -2.34. The maximum absolute atomic E-state index is 5.53. The van der Waals surface area contributed by atoms with Gasteiger partial charge in [0.2, 0.25) is 0 Å². The number of pyridine rings is 1. The lowest BCUT2D eigenvalue weighted by molar-refractivity contribution is 0.0985. The van der Waals surface area contributed by atoms with Crippen LogP contribution >= 0.6 is 0 Å². The third-order valence-corrected chi connectivity index (χ3v) is 4.20. The van der Waals surface area contributed by atoms with E-state index in [2.05, 4.69) is 40.7 Å². The van der Waals surface area contributed by atoms with Crippen molar-refractivity contribution in [2.75, 3.05) is 24.7 Å². The predicted octanol–water partition coefficient (Wildman–Crippen LogP) is 3.08. The molecule has 1 saturated heterocycles. The van der Waals surface area contributed by atoms with Gasteiger partial charge in [0.05, 0.1) is 19.3 Å². The van der Waals surface area contributed by atoms with E-state index in [0.29, 0.717) is 6.04 Å². The van der Waals surface area contributed by atoms with Crippen LogP contribution in [0.5, 0.6) is 0 Å². The van der Waals surface area contributed by atoms with Gasteiger partial charge in [-0.05, 0) is 38.0 Å². The Labute approximate surface area is 130 Å². The molecule has 3 rings (SSSR count). The number of nitrogens with zero attached hydrogens (tertiary/aromatic N) is 3. The molecule has 0 radical (unpaired) electrons. The maximum atomic E-state index is 5.53. The minimum absolute atomic E-state index is 0.310. The Kier molecular flexibility index (Phi) is 3.98. The number of hydrogen-bond donors (Lipinski definition) is 1. The van der Waals surface area contributed by atoms with Crippen LogP contribution in [0.3, 0.4) is 0 Å². The van der Waals surface area contributed by atoms with Crippen molar-refractivity contribution in [1.29, 1.82) is 0 Å². The highest BCUT2D eigenvalue weighted by atomic mass is 16.5. The van der Waals surface area contributed by atoms with E-state index in [0.717, 1.165) is 53.4 Å². The van der Waals surface area contributed by atoms with Crippen LogP contribution in [-0.4, -0.2) is 41.0 Å². The highest BCUT2D eigenvalue weighted by molar-refractivity contribution is 5.95. The first-order valence-electron chi connectivity index (χ1n) is 7.65. The number of aromatic amines is 1.